The fraction of sp³-hybridized carbons (Fsp3) is 0.154. The highest BCUT2D eigenvalue weighted by Crippen LogP contribution is 2.20. The number of fused-ring (bicyclic) bond motifs is 1. The maximum absolute atomic E-state index is 12.5. The summed E-state index contributed by atoms with van der Waals surface area (Å²) in [5.41, 5.74) is 5.18. The second-order valence-electron chi connectivity index (χ2n) is 7.97. The Kier molecular flexibility index (Phi) is 5.78. The molecule has 5 aromatic rings. The zero-order valence-electron chi connectivity index (χ0n) is 18.9. The van der Waals surface area contributed by atoms with Gasteiger partial charge in [-0.15, -0.1) is 0 Å². The monoisotopic (exact) mass is 453 g/mol. The Labute approximate surface area is 196 Å². The second kappa shape index (κ2) is 9.19. The molecule has 0 aliphatic carbocycles. The van der Waals surface area contributed by atoms with Crippen molar-refractivity contribution in [2.75, 3.05) is 5.32 Å². The first kappa shape index (κ1) is 21.4. The minimum Gasteiger partial charge on any atom is -0.489 e. The lowest BCUT2D eigenvalue weighted by molar-refractivity contribution is -0.115. The summed E-state index contributed by atoms with van der Waals surface area (Å²) in [4.78, 5) is 21.4. The van der Waals surface area contributed by atoms with Crippen LogP contribution in [0.5, 0.6) is 5.75 Å². The number of ether oxygens (including phenoxy) is 1. The van der Waals surface area contributed by atoms with E-state index in [1.54, 1.807) is 12.5 Å². The van der Waals surface area contributed by atoms with Gasteiger partial charge in [0.2, 0.25) is 5.91 Å². The Morgan fingerprint density at radius 1 is 1.03 bits per heavy atom. The van der Waals surface area contributed by atoms with Crippen LogP contribution >= 0.6 is 0 Å². The standard InChI is InChI=1S/C26H23N5O3/c1-17-22(18(2)34-30-17)15-33-21-10-7-19(8-11-21)13-26(32)29-20-9-12-25(27-14-20)31-16-28-23-5-3-4-6-24(23)31/h3-12,14,16H,13,15H2,1-2H3,(H,29,32). The molecule has 0 radical (unpaired) electrons. The largest absolute Gasteiger partial charge is 0.489 e. The van der Waals surface area contributed by atoms with Gasteiger partial charge in [0.25, 0.3) is 0 Å². The van der Waals surface area contributed by atoms with E-state index in [-0.39, 0.29) is 12.3 Å². The molecular weight excluding hydrogens is 430 g/mol. The summed E-state index contributed by atoms with van der Waals surface area (Å²) < 4.78 is 12.9. The molecule has 0 spiro atoms. The quantitative estimate of drug-likeness (QED) is 0.381. The smallest absolute Gasteiger partial charge is 0.228 e. The first-order valence-corrected chi connectivity index (χ1v) is 10.9. The number of nitrogens with zero attached hydrogens (tertiary/aromatic N) is 4. The molecule has 0 atom stereocenters. The fourth-order valence-electron chi connectivity index (χ4n) is 3.70. The minimum absolute atomic E-state index is 0.118. The van der Waals surface area contributed by atoms with E-state index in [1.807, 2.05) is 79.1 Å². The molecule has 3 heterocycles. The number of aryl methyl sites for hydroxylation is 2. The van der Waals surface area contributed by atoms with Crippen molar-refractivity contribution in [3.8, 4) is 11.6 Å². The van der Waals surface area contributed by atoms with Crippen molar-refractivity contribution < 1.29 is 14.1 Å². The van der Waals surface area contributed by atoms with Crippen LogP contribution in [-0.2, 0) is 17.8 Å². The summed E-state index contributed by atoms with van der Waals surface area (Å²) in [5.74, 6) is 2.09. The van der Waals surface area contributed by atoms with E-state index in [1.165, 1.54) is 0 Å². The van der Waals surface area contributed by atoms with Crippen molar-refractivity contribution in [1.29, 1.82) is 0 Å². The van der Waals surface area contributed by atoms with Crippen LogP contribution in [-0.4, -0.2) is 25.6 Å². The number of hydrogen-bond donors (Lipinski definition) is 1. The molecule has 0 fully saturated rings. The van der Waals surface area contributed by atoms with Crippen LogP contribution in [0.25, 0.3) is 16.9 Å². The van der Waals surface area contributed by atoms with E-state index in [2.05, 4.69) is 20.4 Å². The van der Waals surface area contributed by atoms with Gasteiger partial charge in [0.1, 0.15) is 30.3 Å². The van der Waals surface area contributed by atoms with Crippen LogP contribution in [0.2, 0.25) is 0 Å². The van der Waals surface area contributed by atoms with Crippen molar-refractivity contribution >= 4 is 22.6 Å². The zero-order valence-corrected chi connectivity index (χ0v) is 18.9. The third kappa shape index (κ3) is 4.52. The molecule has 0 bridgehead atoms. The Morgan fingerprint density at radius 2 is 1.85 bits per heavy atom. The van der Waals surface area contributed by atoms with Gasteiger partial charge in [-0.05, 0) is 55.8 Å². The van der Waals surface area contributed by atoms with E-state index < -0.39 is 0 Å². The van der Waals surface area contributed by atoms with E-state index in [0.717, 1.165) is 45.2 Å². The number of aromatic nitrogens is 4. The molecule has 0 saturated heterocycles. The van der Waals surface area contributed by atoms with Gasteiger partial charge >= 0.3 is 0 Å². The van der Waals surface area contributed by atoms with E-state index >= 15 is 0 Å². The number of para-hydroxylation sites is 2. The van der Waals surface area contributed by atoms with Crippen molar-refractivity contribution in [1.82, 2.24) is 19.7 Å². The van der Waals surface area contributed by atoms with Crippen LogP contribution in [0.15, 0.2) is 77.7 Å². The highest BCUT2D eigenvalue weighted by atomic mass is 16.5. The van der Waals surface area contributed by atoms with Gasteiger partial charge in [-0.2, -0.15) is 0 Å². The number of imidazole rings is 1. The molecular formula is C26H23N5O3. The predicted octanol–water partition coefficient (Wildman–Crippen LogP) is 4.79. The lowest BCUT2D eigenvalue weighted by atomic mass is 10.1. The molecule has 2 aromatic carbocycles. The summed E-state index contributed by atoms with van der Waals surface area (Å²) >= 11 is 0. The van der Waals surface area contributed by atoms with Crippen LogP contribution < -0.4 is 10.1 Å². The topological polar surface area (TPSA) is 95.1 Å². The molecule has 34 heavy (non-hydrogen) atoms. The van der Waals surface area contributed by atoms with E-state index in [0.29, 0.717) is 12.3 Å². The number of rotatable bonds is 7. The van der Waals surface area contributed by atoms with Crippen LogP contribution in [0, 0.1) is 13.8 Å². The second-order valence-corrected chi connectivity index (χ2v) is 7.97. The zero-order chi connectivity index (χ0) is 23.5. The van der Waals surface area contributed by atoms with E-state index in [9.17, 15) is 4.79 Å². The third-order valence-electron chi connectivity index (χ3n) is 5.58. The maximum Gasteiger partial charge on any atom is 0.228 e. The van der Waals surface area contributed by atoms with Gasteiger partial charge < -0.3 is 14.6 Å². The summed E-state index contributed by atoms with van der Waals surface area (Å²) in [6.07, 6.45) is 3.64. The number of anilines is 1. The third-order valence-corrected chi connectivity index (χ3v) is 5.58. The maximum atomic E-state index is 12.5. The molecule has 0 saturated carbocycles. The summed E-state index contributed by atoms with van der Waals surface area (Å²) in [7, 11) is 0. The molecule has 5 rings (SSSR count). The van der Waals surface area contributed by atoms with Crippen LogP contribution in [0.3, 0.4) is 0 Å². The van der Waals surface area contributed by atoms with Gasteiger partial charge in [-0.25, -0.2) is 9.97 Å². The van der Waals surface area contributed by atoms with Gasteiger partial charge in [0.15, 0.2) is 0 Å². The normalized spacial score (nSPS) is 11.0. The lowest BCUT2D eigenvalue weighted by Gasteiger charge is -2.09. The van der Waals surface area contributed by atoms with Crippen molar-refractivity contribution in [2.24, 2.45) is 0 Å². The lowest BCUT2D eigenvalue weighted by Crippen LogP contribution is -2.14. The molecule has 8 nitrogen and oxygen atoms in total. The Bertz CT molecular complexity index is 1420. The number of carbonyl (C=O) groups is 1. The van der Waals surface area contributed by atoms with Gasteiger partial charge in [0, 0.05) is 0 Å². The number of pyridine rings is 1. The molecule has 0 unspecified atom stereocenters. The number of amides is 1. The van der Waals surface area contributed by atoms with E-state index in [4.69, 9.17) is 9.26 Å². The van der Waals surface area contributed by atoms with Crippen LogP contribution in [0.4, 0.5) is 5.69 Å². The van der Waals surface area contributed by atoms with Gasteiger partial charge in [-0.3, -0.25) is 9.36 Å². The van der Waals surface area contributed by atoms with Crippen molar-refractivity contribution in [2.45, 2.75) is 26.9 Å². The van der Waals surface area contributed by atoms with Crippen LogP contribution in [0.1, 0.15) is 22.6 Å². The van der Waals surface area contributed by atoms with Crippen molar-refractivity contribution in [3.05, 3.63) is 95.8 Å². The minimum atomic E-state index is -0.118. The molecule has 3 aromatic heterocycles. The summed E-state index contributed by atoms with van der Waals surface area (Å²) in [6, 6.07) is 19.0. The average molecular weight is 454 g/mol. The molecule has 8 heteroatoms. The predicted molar refractivity (Wildman–Crippen MR) is 128 cm³/mol. The van der Waals surface area contributed by atoms with Gasteiger partial charge in [-0.1, -0.05) is 29.4 Å². The summed E-state index contributed by atoms with van der Waals surface area (Å²) in [6.45, 7) is 4.14. The Balaban J connectivity index is 1.17. The number of nitrogens with one attached hydrogen (secondary N) is 1. The first-order valence-electron chi connectivity index (χ1n) is 10.9. The molecule has 0 aliphatic heterocycles. The molecule has 170 valence electrons. The number of hydrogen-bond acceptors (Lipinski definition) is 6. The fourth-order valence-corrected chi connectivity index (χ4v) is 3.70. The van der Waals surface area contributed by atoms with Gasteiger partial charge in [0.05, 0.1) is 40.6 Å². The molecule has 1 N–H and O–H groups in total. The highest BCUT2D eigenvalue weighted by Gasteiger charge is 2.10. The Morgan fingerprint density at radius 3 is 2.59 bits per heavy atom. The number of carbonyl (C=O) groups excluding carboxylic acids is 1. The summed E-state index contributed by atoms with van der Waals surface area (Å²) in [5, 5.41) is 6.83. The highest BCUT2D eigenvalue weighted by molar-refractivity contribution is 5.92. The molecule has 1 amide bonds. The molecule has 0 aliphatic rings. The average Bonchev–Trinajstić information content (AvgIpc) is 3.42. The first-order chi connectivity index (χ1) is 16.6. The van der Waals surface area contributed by atoms with Crippen molar-refractivity contribution in [3.63, 3.8) is 0 Å². The Hall–Kier alpha value is -4.46. The SMILES string of the molecule is Cc1noc(C)c1COc1ccc(CC(=O)Nc2ccc(-n3cnc4ccccc43)nc2)cc1. The number of benzene rings is 2.